The van der Waals surface area contributed by atoms with Gasteiger partial charge >= 0.3 is 0 Å². The van der Waals surface area contributed by atoms with E-state index in [1.165, 1.54) is 5.69 Å². The smallest absolute Gasteiger partial charge is 0.0556 e. The molecule has 3 nitrogen and oxygen atoms in total. The minimum absolute atomic E-state index is 0.214. The van der Waals surface area contributed by atoms with Crippen molar-refractivity contribution in [3.05, 3.63) is 28.7 Å². The van der Waals surface area contributed by atoms with E-state index < -0.39 is 0 Å². The molecular formula is C12H17BrN2O. The van der Waals surface area contributed by atoms with Gasteiger partial charge in [0.2, 0.25) is 0 Å². The number of hydrogen-bond donors (Lipinski definition) is 2. The van der Waals surface area contributed by atoms with Crippen molar-refractivity contribution in [2.45, 2.75) is 12.5 Å². The largest absolute Gasteiger partial charge is 0.395 e. The van der Waals surface area contributed by atoms with Gasteiger partial charge in [0.1, 0.15) is 0 Å². The van der Waals surface area contributed by atoms with Crippen LogP contribution in [0, 0.1) is 0 Å². The van der Waals surface area contributed by atoms with E-state index in [1.54, 1.807) is 0 Å². The highest BCUT2D eigenvalue weighted by Gasteiger charge is 2.22. The summed E-state index contributed by atoms with van der Waals surface area (Å²) in [4.78, 5) is 2.37. The predicted molar refractivity (Wildman–Crippen MR) is 69.8 cm³/mol. The first-order valence-corrected chi connectivity index (χ1v) is 6.44. The van der Waals surface area contributed by atoms with Crippen LogP contribution in [0.15, 0.2) is 28.7 Å². The number of nitrogens with zero attached hydrogens (tertiary/aromatic N) is 1. The van der Waals surface area contributed by atoms with E-state index in [4.69, 9.17) is 5.11 Å². The third kappa shape index (κ3) is 2.75. The zero-order valence-corrected chi connectivity index (χ0v) is 10.8. The highest BCUT2D eigenvalue weighted by Crippen LogP contribution is 2.28. The molecule has 1 aliphatic heterocycles. The van der Waals surface area contributed by atoms with Crippen molar-refractivity contribution in [1.82, 2.24) is 5.32 Å². The van der Waals surface area contributed by atoms with Crippen LogP contribution in [0.1, 0.15) is 6.42 Å². The molecule has 16 heavy (non-hydrogen) atoms. The maximum absolute atomic E-state index is 8.77. The predicted octanol–water partition coefficient (Wildman–Crippen LogP) is 1.61. The molecule has 88 valence electrons. The Labute approximate surface area is 105 Å². The molecule has 1 aromatic rings. The zero-order valence-electron chi connectivity index (χ0n) is 9.19. The second kappa shape index (κ2) is 5.66. The van der Waals surface area contributed by atoms with Gasteiger partial charge in [-0.25, -0.2) is 0 Å². The van der Waals surface area contributed by atoms with Gasteiger partial charge in [-0.3, -0.25) is 0 Å². The molecule has 0 saturated carbocycles. The Balaban J connectivity index is 1.96. The van der Waals surface area contributed by atoms with Crippen LogP contribution in [0.4, 0.5) is 5.69 Å². The standard InChI is InChI=1S/C12H17BrN2O/c13-11-3-1-2-4-12(11)15-7-5-10(9-15)14-6-8-16/h1-4,10,14,16H,5-9H2. The lowest BCUT2D eigenvalue weighted by Gasteiger charge is -2.20. The van der Waals surface area contributed by atoms with Crippen LogP contribution in [-0.4, -0.2) is 37.4 Å². The normalized spacial score (nSPS) is 20.4. The quantitative estimate of drug-likeness (QED) is 0.882. The van der Waals surface area contributed by atoms with Crippen LogP contribution in [0.2, 0.25) is 0 Å². The summed E-state index contributed by atoms with van der Waals surface area (Å²) in [5, 5.41) is 12.1. The van der Waals surface area contributed by atoms with Crippen LogP contribution in [0.25, 0.3) is 0 Å². The van der Waals surface area contributed by atoms with Gasteiger partial charge in [0.05, 0.1) is 12.3 Å². The highest BCUT2D eigenvalue weighted by atomic mass is 79.9. The van der Waals surface area contributed by atoms with Crippen LogP contribution in [-0.2, 0) is 0 Å². The summed E-state index contributed by atoms with van der Waals surface area (Å²) in [6, 6.07) is 8.81. The van der Waals surface area contributed by atoms with Crippen LogP contribution < -0.4 is 10.2 Å². The Morgan fingerprint density at radius 3 is 3.00 bits per heavy atom. The molecule has 0 aliphatic carbocycles. The molecule has 0 bridgehead atoms. The third-order valence-corrected chi connectivity index (χ3v) is 3.60. The van der Waals surface area contributed by atoms with Crippen molar-refractivity contribution in [3.8, 4) is 0 Å². The van der Waals surface area contributed by atoms with Crippen molar-refractivity contribution in [1.29, 1.82) is 0 Å². The van der Waals surface area contributed by atoms with Crippen molar-refractivity contribution < 1.29 is 5.11 Å². The Bertz CT molecular complexity index is 346. The molecule has 1 fully saturated rings. The number of aliphatic hydroxyl groups excluding tert-OH is 1. The first-order chi connectivity index (χ1) is 7.81. The fraction of sp³-hybridized carbons (Fsp3) is 0.500. The molecule has 1 aliphatic rings. The van der Waals surface area contributed by atoms with Gasteiger partial charge in [-0.15, -0.1) is 0 Å². The minimum atomic E-state index is 0.214. The molecule has 2 N–H and O–H groups in total. The summed E-state index contributed by atoms with van der Waals surface area (Å²) in [7, 11) is 0. The SMILES string of the molecule is OCCNC1CCN(c2ccccc2Br)C1. The molecule has 4 heteroatoms. The van der Waals surface area contributed by atoms with Crippen molar-refractivity contribution in [3.63, 3.8) is 0 Å². The van der Waals surface area contributed by atoms with Gasteiger partial charge in [0.25, 0.3) is 0 Å². The molecule has 0 spiro atoms. The second-order valence-corrected chi connectivity index (χ2v) is 4.92. The number of anilines is 1. The number of para-hydroxylation sites is 1. The summed E-state index contributed by atoms with van der Waals surface area (Å²) >= 11 is 3.58. The number of nitrogens with one attached hydrogen (secondary N) is 1. The minimum Gasteiger partial charge on any atom is -0.395 e. The Morgan fingerprint density at radius 2 is 2.25 bits per heavy atom. The lowest BCUT2D eigenvalue weighted by Crippen LogP contribution is -2.34. The molecule has 1 aromatic carbocycles. The topological polar surface area (TPSA) is 35.5 Å². The average Bonchev–Trinajstić information content (AvgIpc) is 2.75. The summed E-state index contributed by atoms with van der Waals surface area (Å²) in [5.41, 5.74) is 1.26. The molecule has 1 heterocycles. The number of benzene rings is 1. The van der Waals surface area contributed by atoms with E-state index in [2.05, 4.69) is 44.3 Å². The van der Waals surface area contributed by atoms with Gasteiger partial charge in [-0.2, -0.15) is 0 Å². The van der Waals surface area contributed by atoms with Crippen molar-refractivity contribution >= 4 is 21.6 Å². The fourth-order valence-corrected chi connectivity index (χ4v) is 2.66. The summed E-state index contributed by atoms with van der Waals surface area (Å²) < 4.78 is 1.15. The van der Waals surface area contributed by atoms with Gasteiger partial charge < -0.3 is 15.3 Å². The maximum Gasteiger partial charge on any atom is 0.0556 e. The van der Waals surface area contributed by atoms with Crippen molar-refractivity contribution in [2.24, 2.45) is 0 Å². The Morgan fingerprint density at radius 1 is 1.44 bits per heavy atom. The molecule has 1 atom stereocenters. The number of rotatable bonds is 4. The average molecular weight is 285 g/mol. The van der Waals surface area contributed by atoms with Gasteiger partial charge in [-0.05, 0) is 34.5 Å². The van der Waals surface area contributed by atoms with Crippen molar-refractivity contribution in [2.75, 3.05) is 31.1 Å². The van der Waals surface area contributed by atoms with Gasteiger partial charge in [-0.1, -0.05) is 12.1 Å². The van der Waals surface area contributed by atoms with Crippen LogP contribution >= 0.6 is 15.9 Å². The number of aliphatic hydroxyl groups is 1. The van der Waals surface area contributed by atoms with E-state index >= 15 is 0 Å². The third-order valence-electron chi connectivity index (χ3n) is 2.93. The van der Waals surface area contributed by atoms with Crippen LogP contribution in [0.5, 0.6) is 0 Å². The number of hydrogen-bond acceptors (Lipinski definition) is 3. The summed E-state index contributed by atoms with van der Waals surface area (Å²) in [6.45, 7) is 2.99. The number of halogens is 1. The second-order valence-electron chi connectivity index (χ2n) is 4.06. The molecule has 2 rings (SSSR count). The van der Waals surface area contributed by atoms with Crippen LogP contribution in [0.3, 0.4) is 0 Å². The molecule has 1 saturated heterocycles. The molecule has 1 unspecified atom stereocenters. The first kappa shape index (κ1) is 11.9. The van der Waals surface area contributed by atoms with Gasteiger partial charge in [0, 0.05) is 30.1 Å². The maximum atomic E-state index is 8.77. The lowest BCUT2D eigenvalue weighted by atomic mass is 10.2. The van der Waals surface area contributed by atoms with E-state index in [0.717, 1.165) is 24.0 Å². The first-order valence-electron chi connectivity index (χ1n) is 5.65. The summed E-state index contributed by atoms with van der Waals surface area (Å²) in [6.07, 6.45) is 1.14. The summed E-state index contributed by atoms with van der Waals surface area (Å²) in [5.74, 6) is 0. The molecule has 0 aromatic heterocycles. The van der Waals surface area contributed by atoms with E-state index in [-0.39, 0.29) is 6.61 Å². The van der Waals surface area contributed by atoms with E-state index in [0.29, 0.717) is 12.6 Å². The van der Waals surface area contributed by atoms with Gasteiger partial charge in [0.15, 0.2) is 0 Å². The fourth-order valence-electron chi connectivity index (χ4n) is 2.12. The molecular weight excluding hydrogens is 268 g/mol. The highest BCUT2D eigenvalue weighted by molar-refractivity contribution is 9.10. The Hall–Kier alpha value is -0.580. The van der Waals surface area contributed by atoms with E-state index in [9.17, 15) is 0 Å². The zero-order chi connectivity index (χ0) is 11.4. The lowest BCUT2D eigenvalue weighted by molar-refractivity contribution is 0.286. The molecule has 0 radical (unpaired) electrons. The van der Waals surface area contributed by atoms with E-state index in [1.807, 2.05) is 6.07 Å². The monoisotopic (exact) mass is 284 g/mol. The molecule has 0 amide bonds. The Kier molecular flexibility index (Phi) is 4.21.